The number of benzene rings is 2. The smallest absolute Gasteiger partial charge is 0.262 e. The van der Waals surface area contributed by atoms with Crippen LogP contribution in [0.25, 0.3) is 5.57 Å². The van der Waals surface area contributed by atoms with Gasteiger partial charge in [-0.25, -0.2) is 4.79 Å². The molecule has 2 heterocycles. The highest BCUT2D eigenvalue weighted by atomic mass is 16.5. The third-order valence-electron chi connectivity index (χ3n) is 5.82. The molecule has 9 nitrogen and oxygen atoms in total. The third kappa shape index (κ3) is 6.34. The van der Waals surface area contributed by atoms with Crippen molar-refractivity contribution in [3.8, 4) is 11.5 Å². The van der Waals surface area contributed by atoms with Gasteiger partial charge in [0.2, 0.25) is 5.76 Å². The summed E-state index contributed by atoms with van der Waals surface area (Å²) in [5.74, 6) is 2.13. The molecule has 9 heteroatoms. The van der Waals surface area contributed by atoms with E-state index in [0.29, 0.717) is 34.9 Å². The minimum absolute atomic E-state index is 0.0416. The van der Waals surface area contributed by atoms with E-state index in [1.807, 2.05) is 43.1 Å². The first-order chi connectivity index (χ1) is 18.4. The topological polar surface area (TPSA) is 110 Å². The number of nitrogens with one attached hydrogen (secondary N) is 2. The fraction of sp³-hybridized carbons (Fsp3) is 0.207. The predicted octanol–water partition coefficient (Wildman–Crippen LogP) is 3.24. The summed E-state index contributed by atoms with van der Waals surface area (Å²) in [7, 11) is 3.86. The van der Waals surface area contributed by atoms with Crippen LogP contribution in [-0.2, 0) is 9.59 Å². The van der Waals surface area contributed by atoms with Crippen molar-refractivity contribution in [1.82, 2.24) is 15.2 Å². The Morgan fingerprint density at radius 3 is 2.71 bits per heavy atom. The van der Waals surface area contributed by atoms with Crippen LogP contribution in [0, 0.1) is 6.92 Å². The van der Waals surface area contributed by atoms with Gasteiger partial charge >= 0.3 is 0 Å². The molecule has 0 atom stereocenters. The molecule has 3 aromatic rings. The number of nitrogens with zero attached hydrogens (tertiary/aromatic N) is 2. The molecule has 1 aliphatic heterocycles. The number of carbonyl (C=O) groups is 2. The van der Waals surface area contributed by atoms with E-state index >= 15 is 0 Å². The van der Waals surface area contributed by atoms with E-state index in [0.717, 1.165) is 23.2 Å². The standard InChI is InChI=1S/C29H28N4O5/c1-19-26(10-9-24-25(21-7-5-11-30-16-21)15-23(17-34)38-28(19)24)37-18-27(35)32-22-8-4-6-20(14-22)29(36)31-12-13-33(2)3/h4-11,14-16H,12-13,18H2,1-3H3,(H,31,36)(H,32,35). The number of hydrogen-bond donors (Lipinski definition) is 2. The first kappa shape index (κ1) is 26.3. The number of rotatable bonds is 9. The fourth-order valence-electron chi connectivity index (χ4n) is 3.91. The number of hydrogen-bond acceptors (Lipinski definition) is 7. The van der Waals surface area contributed by atoms with E-state index in [2.05, 4.69) is 15.6 Å². The van der Waals surface area contributed by atoms with Gasteiger partial charge < -0.3 is 25.0 Å². The second kappa shape index (κ2) is 12.0. The van der Waals surface area contributed by atoms with E-state index in [1.54, 1.807) is 55.7 Å². The fourth-order valence-corrected chi connectivity index (χ4v) is 3.91. The molecule has 1 aliphatic rings. The van der Waals surface area contributed by atoms with Crippen LogP contribution in [0.3, 0.4) is 0 Å². The van der Waals surface area contributed by atoms with Gasteiger partial charge in [-0.05, 0) is 63.0 Å². The lowest BCUT2D eigenvalue weighted by Gasteiger charge is -2.22. The number of pyridine rings is 1. The minimum Gasteiger partial charge on any atom is -0.483 e. The quantitative estimate of drug-likeness (QED) is 0.424. The Morgan fingerprint density at radius 2 is 1.97 bits per heavy atom. The highest BCUT2D eigenvalue weighted by Gasteiger charge is 2.23. The Bertz CT molecular complexity index is 1430. The van der Waals surface area contributed by atoms with Crippen LogP contribution in [0.15, 0.2) is 72.8 Å². The Kier molecular flexibility index (Phi) is 8.33. The summed E-state index contributed by atoms with van der Waals surface area (Å²) in [5, 5.41) is 5.60. The number of amides is 2. The molecule has 4 rings (SSSR count). The summed E-state index contributed by atoms with van der Waals surface area (Å²) in [6.45, 7) is 2.77. The summed E-state index contributed by atoms with van der Waals surface area (Å²) < 4.78 is 11.5. The minimum atomic E-state index is -0.391. The first-order valence-corrected chi connectivity index (χ1v) is 12.0. The summed E-state index contributed by atoms with van der Waals surface area (Å²) in [4.78, 5) is 42.5. The zero-order chi connectivity index (χ0) is 27.1. The molecule has 0 fully saturated rings. The van der Waals surface area contributed by atoms with Crippen molar-refractivity contribution in [2.24, 2.45) is 0 Å². The van der Waals surface area contributed by atoms with Crippen molar-refractivity contribution in [2.45, 2.75) is 6.92 Å². The molecule has 0 saturated heterocycles. The molecule has 0 saturated carbocycles. The van der Waals surface area contributed by atoms with Gasteiger partial charge in [0.25, 0.3) is 11.8 Å². The molecular formula is C29H28N4O5. The number of ether oxygens (including phenoxy) is 2. The van der Waals surface area contributed by atoms with Crippen molar-refractivity contribution in [3.63, 3.8) is 0 Å². The number of carbonyl (C=O) groups excluding carboxylic acids is 3. The van der Waals surface area contributed by atoms with Gasteiger partial charge in [0.15, 0.2) is 12.5 Å². The lowest BCUT2D eigenvalue weighted by atomic mass is 9.94. The van der Waals surface area contributed by atoms with Gasteiger partial charge in [-0.1, -0.05) is 12.1 Å². The van der Waals surface area contributed by atoms with Crippen LogP contribution in [0.4, 0.5) is 5.69 Å². The van der Waals surface area contributed by atoms with Crippen molar-refractivity contribution in [1.29, 1.82) is 0 Å². The summed E-state index contributed by atoms with van der Waals surface area (Å²) >= 11 is 0. The van der Waals surface area contributed by atoms with E-state index in [9.17, 15) is 14.4 Å². The van der Waals surface area contributed by atoms with Gasteiger partial charge in [-0.15, -0.1) is 0 Å². The highest BCUT2D eigenvalue weighted by Crippen LogP contribution is 2.41. The molecule has 0 aliphatic carbocycles. The van der Waals surface area contributed by atoms with Crippen LogP contribution < -0.4 is 20.1 Å². The maximum Gasteiger partial charge on any atom is 0.262 e. The lowest BCUT2D eigenvalue weighted by molar-refractivity contribution is -0.118. The number of likely N-dealkylation sites (N-methyl/N-ethyl adjacent to an activating group) is 1. The largest absolute Gasteiger partial charge is 0.483 e. The molecule has 0 unspecified atom stereocenters. The number of aromatic nitrogens is 1. The molecule has 2 amide bonds. The Labute approximate surface area is 220 Å². The Morgan fingerprint density at radius 1 is 1.13 bits per heavy atom. The number of allylic oxidation sites excluding steroid dienone is 1. The zero-order valence-corrected chi connectivity index (χ0v) is 21.4. The van der Waals surface area contributed by atoms with E-state index < -0.39 is 5.91 Å². The average molecular weight is 513 g/mol. The summed E-state index contributed by atoms with van der Waals surface area (Å²) in [5.41, 5.74) is 3.93. The average Bonchev–Trinajstić information content (AvgIpc) is 2.92. The molecule has 38 heavy (non-hydrogen) atoms. The van der Waals surface area contributed by atoms with E-state index in [-0.39, 0.29) is 18.3 Å². The van der Waals surface area contributed by atoms with Crippen LogP contribution >= 0.6 is 0 Å². The monoisotopic (exact) mass is 512 g/mol. The first-order valence-electron chi connectivity index (χ1n) is 12.0. The van der Waals surface area contributed by atoms with Crippen molar-refractivity contribution in [2.75, 3.05) is 39.1 Å². The van der Waals surface area contributed by atoms with Crippen LogP contribution in [0.1, 0.15) is 27.0 Å². The second-order valence-corrected chi connectivity index (χ2v) is 8.91. The van der Waals surface area contributed by atoms with Crippen LogP contribution in [0.2, 0.25) is 0 Å². The molecule has 0 spiro atoms. The molecule has 0 radical (unpaired) electrons. The van der Waals surface area contributed by atoms with Gasteiger partial charge in [0.05, 0.1) is 0 Å². The summed E-state index contributed by atoms with van der Waals surface area (Å²) in [6, 6.07) is 14.0. The Balaban J connectivity index is 1.43. The Hall–Kier alpha value is -4.72. The number of anilines is 1. The van der Waals surface area contributed by atoms with E-state index in [1.165, 1.54) is 0 Å². The van der Waals surface area contributed by atoms with E-state index in [4.69, 9.17) is 9.47 Å². The molecule has 1 aromatic heterocycles. The summed E-state index contributed by atoms with van der Waals surface area (Å²) in [6.07, 6.45) is 5.00. The maximum absolute atomic E-state index is 12.6. The SMILES string of the molecule is Cc1c(OCC(=O)Nc2cccc(C(=O)NCCN(C)C)c2)ccc2c1OC(=C=O)C=C2c1cccnc1. The number of fused-ring (bicyclic) bond motifs is 1. The van der Waals surface area contributed by atoms with Crippen LogP contribution in [0.5, 0.6) is 11.5 Å². The molecule has 194 valence electrons. The van der Waals surface area contributed by atoms with Crippen molar-refractivity contribution < 1.29 is 23.9 Å². The normalized spacial score (nSPS) is 12.1. The molecule has 0 bridgehead atoms. The molecule has 2 N–H and O–H groups in total. The maximum atomic E-state index is 12.6. The predicted molar refractivity (Wildman–Crippen MR) is 144 cm³/mol. The van der Waals surface area contributed by atoms with Gasteiger partial charge in [-0.2, -0.15) is 0 Å². The second-order valence-electron chi connectivity index (χ2n) is 8.91. The van der Waals surface area contributed by atoms with Crippen molar-refractivity contribution in [3.05, 3.63) is 95.0 Å². The molecular weight excluding hydrogens is 484 g/mol. The van der Waals surface area contributed by atoms with Gasteiger partial charge in [0, 0.05) is 59.5 Å². The third-order valence-corrected chi connectivity index (χ3v) is 5.82. The van der Waals surface area contributed by atoms with Crippen LogP contribution in [-0.4, -0.2) is 61.4 Å². The van der Waals surface area contributed by atoms with Gasteiger partial charge in [-0.3, -0.25) is 14.6 Å². The van der Waals surface area contributed by atoms with Crippen molar-refractivity contribution >= 4 is 29.0 Å². The highest BCUT2D eigenvalue weighted by molar-refractivity contribution is 5.97. The lowest BCUT2D eigenvalue weighted by Crippen LogP contribution is -2.31. The molecule has 2 aromatic carbocycles. The van der Waals surface area contributed by atoms with Gasteiger partial charge in [0.1, 0.15) is 11.5 Å². The zero-order valence-electron chi connectivity index (χ0n) is 21.4.